The number of hydrogen-bond donors (Lipinski definition) is 0. The summed E-state index contributed by atoms with van der Waals surface area (Å²) in [7, 11) is 0. The second-order valence-corrected chi connectivity index (χ2v) is 14.8. The maximum atomic E-state index is 2.53. The van der Waals surface area contributed by atoms with Crippen molar-refractivity contribution >= 4 is 21.5 Å². The molecule has 250 valence electrons. The first-order valence-corrected chi connectivity index (χ1v) is 18.6. The Balaban J connectivity index is 1.41. The van der Waals surface area contributed by atoms with Gasteiger partial charge in [0.05, 0.1) is 0 Å². The van der Waals surface area contributed by atoms with Gasteiger partial charge in [-0.1, -0.05) is 190 Å². The molecule has 0 N–H and O–H groups in total. The Morgan fingerprint density at radius 2 is 0.774 bits per heavy atom. The number of fused-ring (bicyclic) bond motifs is 6. The summed E-state index contributed by atoms with van der Waals surface area (Å²) in [5, 5.41) is 5.14. The summed E-state index contributed by atoms with van der Waals surface area (Å²) >= 11 is 0. The highest BCUT2D eigenvalue weighted by molar-refractivity contribution is 6.27. The number of hydrogen-bond acceptors (Lipinski definition) is 0. The van der Waals surface area contributed by atoms with Crippen LogP contribution in [0.4, 0.5) is 0 Å². The van der Waals surface area contributed by atoms with E-state index < -0.39 is 0 Å². The van der Waals surface area contributed by atoms with Crippen LogP contribution in [0.3, 0.4) is 0 Å². The van der Waals surface area contributed by atoms with Crippen molar-refractivity contribution in [3.63, 3.8) is 0 Å². The predicted octanol–water partition coefficient (Wildman–Crippen LogP) is 14.6. The van der Waals surface area contributed by atoms with Gasteiger partial charge in [-0.15, -0.1) is 0 Å². The van der Waals surface area contributed by atoms with Gasteiger partial charge < -0.3 is 0 Å². The molecule has 9 aromatic carbocycles. The molecule has 0 heterocycles. The number of benzene rings is 9. The first-order valence-electron chi connectivity index (χ1n) is 18.6. The molecule has 53 heavy (non-hydrogen) atoms. The Kier molecular flexibility index (Phi) is 7.27. The number of rotatable bonds is 5. The van der Waals surface area contributed by atoms with E-state index in [1.807, 2.05) is 0 Å². The molecular weight excluding hydrogens is 637 g/mol. The molecule has 1 aliphatic rings. The third-order valence-corrected chi connectivity index (χ3v) is 11.4. The second-order valence-electron chi connectivity index (χ2n) is 14.8. The lowest BCUT2D eigenvalue weighted by Gasteiger charge is -2.27. The van der Waals surface area contributed by atoms with Crippen LogP contribution in [0, 0.1) is 0 Å². The van der Waals surface area contributed by atoms with Gasteiger partial charge in [-0.05, 0) is 118 Å². The van der Waals surface area contributed by atoms with E-state index in [2.05, 4.69) is 208 Å². The summed E-state index contributed by atoms with van der Waals surface area (Å²) < 4.78 is 0. The van der Waals surface area contributed by atoms with Gasteiger partial charge in [-0.25, -0.2) is 0 Å². The van der Waals surface area contributed by atoms with Crippen molar-refractivity contribution in [2.45, 2.75) is 19.3 Å². The lowest BCUT2D eigenvalue weighted by atomic mass is 9.75. The van der Waals surface area contributed by atoms with Crippen molar-refractivity contribution in [3.05, 3.63) is 205 Å². The van der Waals surface area contributed by atoms with Crippen molar-refractivity contribution in [1.82, 2.24) is 0 Å². The van der Waals surface area contributed by atoms with Crippen LogP contribution in [-0.2, 0) is 5.41 Å². The molecule has 0 bridgehead atoms. The summed E-state index contributed by atoms with van der Waals surface area (Å²) in [6.45, 7) is 4.84. The average molecular weight is 675 g/mol. The van der Waals surface area contributed by atoms with E-state index in [-0.39, 0.29) is 5.41 Å². The van der Waals surface area contributed by atoms with Gasteiger partial charge in [0.15, 0.2) is 0 Å². The largest absolute Gasteiger partial charge is 0.0622 e. The van der Waals surface area contributed by atoms with Crippen LogP contribution in [0.25, 0.3) is 88.3 Å². The molecule has 0 aliphatic heterocycles. The van der Waals surface area contributed by atoms with Crippen molar-refractivity contribution in [3.8, 4) is 66.8 Å². The molecule has 0 radical (unpaired) electrons. The van der Waals surface area contributed by atoms with E-state index in [1.54, 1.807) is 0 Å². The van der Waals surface area contributed by atoms with Crippen molar-refractivity contribution in [2.24, 2.45) is 0 Å². The van der Waals surface area contributed by atoms with Crippen LogP contribution in [0.1, 0.15) is 25.0 Å². The lowest BCUT2D eigenvalue weighted by Crippen LogP contribution is -2.16. The Morgan fingerprint density at radius 1 is 0.302 bits per heavy atom. The Morgan fingerprint density at radius 3 is 1.42 bits per heavy atom. The van der Waals surface area contributed by atoms with Gasteiger partial charge in [0, 0.05) is 5.41 Å². The highest BCUT2D eigenvalue weighted by Gasteiger charge is 2.40. The van der Waals surface area contributed by atoms with Gasteiger partial charge in [-0.3, -0.25) is 0 Å². The molecule has 0 aromatic heterocycles. The second kappa shape index (κ2) is 12.3. The fourth-order valence-corrected chi connectivity index (χ4v) is 9.06. The van der Waals surface area contributed by atoms with Gasteiger partial charge in [0.25, 0.3) is 0 Å². The van der Waals surface area contributed by atoms with E-state index in [9.17, 15) is 0 Å². The molecule has 0 amide bonds. The molecule has 1 aliphatic carbocycles. The van der Waals surface area contributed by atoms with Crippen LogP contribution in [-0.4, -0.2) is 0 Å². The van der Waals surface area contributed by atoms with Gasteiger partial charge in [0.1, 0.15) is 0 Å². The van der Waals surface area contributed by atoms with Crippen LogP contribution in [0.15, 0.2) is 194 Å². The highest BCUT2D eigenvalue weighted by Crippen LogP contribution is 2.58. The third-order valence-electron chi connectivity index (χ3n) is 11.4. The first-order chi connectivity index (χ1) is 26.1. The summed E-state index contributed by atoms with van der Waals surface area (Å²) in [5.74, 6) is 0. The summed E-state index contributed by atoms with van der Waals surface area (Å²) in [6, 6.07) is 71.6. The molecule has 0 unspecified atom stereocenters. The fourth-order valence-electron chi connectivity index (χ4n) is 9.06. The minimum absolute atomic E-state index is 0.222. The first kappa shape index (κ1) is 31.3. The average Bonchev–Trinajstić information content (AvgIpc) is 3.47. The Bertz CT molecular complexity index is 2820. The Hall–Kier alpha value is -6.50. The molecule has 0 nitrogen and oxygen atoms in total. The molecule has 10 rings (SSSR count). The van der Waals surface area contributed by atoms with Gasteiger partial charge in [-0.2, -0.15) is 0 Å². The summed E-state index contributed by atoms with van der Waals surface area (Å²) in [5.41, 5.74) is 17.7. The van der Waals surface area contributed by atoms with Gasteiger partial charge in [0.2, 0.25) is 0 Å². The maximum absolute atomic E-state index is 2.53. The van der Waals surface area contributed by atoms with Crippen molar-refractivity contribution < 1.29 is 0 Å². The molecule has 9 aromatic rings. The molecule has 0 spiro atoms. The van der Waals surface area contributed by atoms with E-state index in [4.69, 9.17) is 0 Å². The molecule has 0 fully saturated rings. The van der Waals surface area contributed by atoms with Crippen molar-refractivity contribution in [1.29, 1.82) is 0 Å². The van der Waals surface area contributed by atoms with Crippen LogP contribution >= 0.6 is 0 Å². The molecular formula is C53H38. The quantitative estimate of drug-likeness (QED) is 0.159. The molecule has 0 atom stereocenters. The molecule has 0 saturated heterocycles. The highest BCUT2D eigenvalue weighted by atomic mass is 14.4. The fraction of sp³-hybridized carbons (Fsp3) is 0.0566. The topological polar surface area (TPSA) is 0 Å². The van der Waals surface area contributed by atoms with Crippen LogP contribution < -0.4 is 0 Å². The SMILES string of the molecule is CC1(C)c2ccccc2-c2c1c(-c1cccc(-c3ccccc3)c1)cc1c(-c3ccccc3)c3ccccc3c(-c3cccc(-c4ccccc4)c3)c21. The summed E-state index contributed by atoms with van der Waals surface area (Å²) in [4.78, 5) is 0. The normalized spacial score (nSPS) is 12.9. The zero-order valence-corrected chi connectivity index (χ0v) is 30.0. The van der Waals surface area contributed by atoms with E-state index >= 15 is 0 Å². The molecule has 0 saturated carbocycles. The minimum Gasteiger partial charge on any atom is -0.0622 e. The Labute approximate surface area is 311 Å². The monoisotopic (exact) mass is 674 g/mol. The minimum atomic E-state index is -0.222. The zero-order chi connectivity index (χ0) is 35.5. The van der Waals surface area contributed by atoms with Crippen LogP contribution in [0.5, 0.6) is 0 Å². The standard InChI is InChI=1S/C53H38/c1-53(2)47-31-15-14-30-44(47)51-50-46(34-45(52(51)53)40-26-16-24-38(32-40)35-18-6-3-7-19-35)48(37-22-10-5-11-23-37)42-28-12-13-29-43(42)49(50)41-27-17-25-39(33-41)36-20-8-4-9-21-36/h3-34H,1-2H3. The molecule has 0 heteroatoms. The van der Waals surface area contributed by atoms with E-state index in [0.717, 1.165) is 0 Å². The maximum Gasteiger partial charge on any atom is 0.0165 e. The predicted molar refractivity (Wildman–Crippen MR) is 226 cm³/mol. The summed E-state index contributed by atoms with van der Waals surface area (Å²) in [6.07, 6.45) is 0. The van der Waals surface area contributed by atoms with Crippen LogP contribution in [0.2, 0.25) is 0 Å². The zero-order valence-electron chi connectivity index (χ0n) is 30.0. The lowest BCUT2D eigenvalue weighted by molar-refractivity contribution is 0.662. The van der Waals surface area contributed by atoms with E-state index in [0.29, 0.717) is 0 Å². The smallest absolute Gasteiger partial charge is 0.0165 e. The third kappa shape index (κ3) is 4.98. The van der Waals surface area contributed by atoms with Gasteiger partial charge >= 0.3 is 0 Å². The van der Waals surface area contributed by atoms with E-state index in [1.165, 1.54) is 99.4 Å². The van der Waals surface area contributed by atoms with Crippen molar-refractivity contribution in [2.75, 3.05) is 0 Å².